The molecule has 0 unspecified atom stereocenters. The second-order valence-corrected chi connectivity index (χ2v) is 3.60. The monoisotopic (exact) mass is 227 g/mol. The van der Waals surface area contributed by atoms with Crippen LogP contribution in [0.4, 0.5) is 5.95 Å². The SMILES string of the molecule is C=CCn1c(N)nc(-c2ccccc2)cc1=O. The minimum absolute atomic E-state index is 0.170. The zero-order chi connectivity index (χ0) is 12.3. The Bertz CT molecular complexity index is 587. The molecule has 2 rings (SSSR count). The van der Waals surface area contributed by atoms with E-state index in [1.807, 2.05) is 30.3 Å². The molecule has 0 atom stereocenters. The third kappa shape index (κ3) is 2.25. The van der Waals surface area contributed by atoms with Crippen molar-refractivity contribution in [3.05, 3.63) is 59.4 Å². The first kappa shape index (κ1) is 11.1. The maximum absolute atomic E-state index is 11.8. The van der Waals surface area contributed by atoms with Gasteiger partial charge in [0, 0.05) is 18.2 Å². The molecule has 1 aromatic heterocycles. The molecule has 0 aliphatic heterocycles. The maximum Gasteiger partial charge on any atom is 0.255 e. The molecular formula is C13H13N3O. The first-order valence-electron chi connectivity index (χ1n) is 5.26. The first-order chi connectivity index (χ1) is 8.22. The molecular weight excluding hydrogens is 214 g/mol. The highest BCUT2D eigenvalue weighted by Crippen LogP contribution is 2.15. The fraction of sp³-hybridized carbons (Fsp3) is 0.0769. The van der Waals surface area contributed by atoms with Gasteiger partial charge in [0.25, 0.3) is 5.56 Å². The van der Waals surface area contributed by atoms with Crippen LogP contribution in [0.5, 0.6) is 0 Å². The minimum atomic E-state index is -0.170. The summed E-state index contributed by atoms with van der Waals surface area (Å²) in [6, 6.07) is 10.9. The number of benzene rings is 1. The van der Waals surface area contributed by atoms with Crippen LogP contribution in [-0.4, -0.2) is 9.55 Å². The van der Waals surface area contributed by atoms with Gasteiger partial charge in [0.1, 0.15) is 0 Å². The predicted molar refractivity (Wildman–Crippen MR) is 68.5 cm³/mol. The van der Waals surface area contributed by atoms with Crippen molar-refractivity contribution in [3.8, 4) is 11.3 Å². The van der Waals surface area contributed by atoms with Gasteiger partial charge in [-0.1, -0.05) is 36.4 Å². The molecule has 0 amide bonds. The third-order valence-corrected chi connectivity index (χ3v) is 2.42. The summed E-state index contributed by atoms with van der Waals surface area (Å²) in [7, 11) is 0. The van der Waals surface area contributed by atoms with E-state index in [-0.39, 0.29) is 11.5 Å². The van der Waals surface area contributed by atoms with Crippen molar-refractivity contribution in [3.63, 3.8) is 0 Å². The summed E-state index contributed by atoms with van der Waals surface area (Å²) < 4.78 is 1.37. The van der Waals surface area contributed by atoms with E-state index in [0.717, 1.165) is 5.56 Å². The summed E-state index contributed by atoms with van der Waals surface area (Å²) in [6.07, 6.45) is 1.61. The van der Waals surface area contributed by atoms with Crippen molar-refractivity contribution in [1.29, 1.82) is 0 Å². The van der Waals surface area contributed by atoms with Crippen molar-refractivity contribution in [2.45, 2.75) is 6.54 Å². The Morgan fingerprint density at radius 1 is 1.35 bits per heavy atom. The molecule has 4 nitrogen and oxygen atoms in total. The quantitative estimate of drug-likeness (QED) is 0.811. The van der Waals surface area contributed by atoms with Crippen LogP contribution in [0.25, 0.3) is 11.3 Å². The van der Waals surface area contributed by atoms with E-state index in [1.54, 1.807) is 6.08 Å². The normalized spacial score (nSPS) is 10.1. The van der Waals surface area contributed by atoms with Crippen molar-refractivity contribution in [1.82, 2.24) is 9.55 Å². The topological polar surface area (TPSA) is 60.9 Å². The number of rotatable bonds is 3. The number of nitrogen functional groups attached to an aromatic ring is 1. The molecule has 0 fully saturated rings. The molecule has 86 valence electrons. The second kappa shape index (κ2) is 4.65. The number of nitrogens with two attached hydrogens (primary N) is 1. The van der Waals surface area contributed by atoms with Gasteiger partial charge >= 0.3 is 0 Å². The van der Waals surface area contributed by atoms with Crippen LogP contribution in [0.15, 0.2) is 53.8 Å². The number of nitrogens with zero attached hydrogens (tertiary/aromatic N) is 2. The van der Waals surface area contributed by atoms with Crippen molar-refractivity contribution in [2.24, 2.45) is 0 Å². The molecule has 2 aromatic rings. The number of aromatic nitrogens is 2. The van der Waals surface area contributed by atoms with Gasteiger partial charge in [-0.15, -0.1) is 6.58 Å². The van der Waals surface area contributed by atoms with E-state index in [0.29, 0.717) is 12.2 Å². The van der Waals surface area contributed by atoms with E-state index < -0.39 is 0 Å². The summed E-state index contributed by atoms with van der Waals surface area (Å²) >= 11 is 0. The van der Waals surface area contributed by atoms with Gasteiger partial charge in [-0.3, -0.25) is 9.36 Å². The maximum atomic E-state index is 11.8. The number of anilines is 1. The molecule has 2 N–H and O–H groups in total. The van der Waals surface area contributed by atoms with Crippen LogP contribution < -0.4 is 11.3 Å². The van der Waals surface area contributed by atoms with Gasteiger partial charge in [-0.05, 0) is 0 Å². The summed E-state index contributed by atoms with van der Waals surface area (Å²) in [5.41, 5.74) is 7.05. The molecule has 0 aliphatic carbocycles. The Balaban J connectivity index is 2.53. The van der Waals surface area contributed by atoms with E-state index in [2.05, 4.69) is 11.6 Å². The van der Waals surface area contributed by atoms with Gasteiger partial charge in [0.05, 0.1) is 5.69 Å². The smallest absolute Gasteiger partial charge is 0.255 e. The van der Waals surface area contributed by atoms with Crippen LogP contribution in [-0.2, 0) is 6.54 Å². The van der Waals surface area contributed by atoms with Crippen molar-refractivity contribution in [2.75, 3.05) is 5.73 Å². The molecule has 0 spiro atoms. The first-order valence-corrected chi connectivity index (χ1v) is 5.26. The van der Waals surface area contributed by atoms with Crippen LogP contribution in [0.3, 0.4) is 0 Å². The zero-order valence-electron chi connectivity index (χ0n) is 9.34. The van der Waals surface area contributed by atoms with Crippen molar-refractivity contribution < 1.29 is 0 Å². The van der Waals surface area contributed by atoms with Crippen LogP contribution in [0, 0.1) is 0 Å². The van der Waals surface area contributed by atoms with E-state index in [9.17, 15) is 4.79 Å². The van der Waals surface area contributed by atoms with Crippen LogP contribution in [0.1, 0.15) is 0 Å². The third-order valence-electron chi connectivity index (χ3n) is 2.42. The van der Waals surface area contributed by atoms with Gasteiger partial charge in [0.2, 0.25) is 5.95 Å². The second-order valence-electron chi connectivity index (χ2n) is 3.60. The number of allylic oxidation sites excluding steroid dienone is 1. The molecule has 17 heavy (non-hydrogen) atoms. The molecule has 0 saturated heterocycles. The lowest BCUT2D eigenvalue weighted by atomic mass is 10.1. The fourth-order valence-electron chi connectivity index (χ4n) is 1.59. The highest BCUT2D eigenvalue weighted by Gasteiger charge is 2.05. The van der Waals surface area contributed by atoms with Gasteiger partial charge in [-0.25, -0.2) is 4.98 Å². The van der Waals surface area contributed by atoms with Crippen LogP contribution >= 0.6 is 0 Å². The van der Waals surface area contributed by atoms with E-state index >= 15 is 0 Å². The summed E-state index contributed by atoms with van der Waals surface area (Å²) in [4.78, 5) is 16.0. The molecule has 0 radical (unpaired) electrons. The van der Waals surface area contributed by atoms with Gasteiger partial charge in [0.15, 0.2) is 0 Å². The number of hydrogen-bond acceptors (Lipinski definition) is 3. The summed E-state index contributed by atoms with van der Waals surface area (Å²) in [5.74, 6) is 0.205. The summed E-state index contributed by atoms with van der Waals surface area (Å²) in [5, 5.41) is 0. The average molecular weight is 227 g/mol. The Labute approximate surface area is 99.0 Å². The largest absolute Gasteiger partial charge is 0.369 e. The number of hydrogen-bond donors (Lipinski definition) is 1. The van der Waals surface area contributed by atoms with Crippen LogP contribution in [0.2, 0.25) is 0 Å². The van der Waals surface area contributed by atoms with Gasteiger partial charge in [-0.2, -0.15) is 0 Å². The Kier molecular flexibility index (Phi) is 3.05. The Morgan fingerprint density at radius 2 is 2.06 bits per heavy atom. The molecule has 1 aromatic carbocycles. The highest BCUT2D eigenvalue weighted by molar-refractivity contribution is 5.59. The summed E-state index contributed by atoms with van der Waals surface area (Å²) in [6.45, 7) is 3.94. The van der Waals surface area contributed by atoms with E-state index in [1.165, 1.54) is 10.6 Å². The minimum Gasteiger partial charge on any atom is -0.369 e. The predicted octanol–water partition coefficient (Wildman–Crippen LogP) is 1.68. The van der Waals surface area contributed by atoms with Gasteiger partial charge < -0.3 is 5.73 Å². The Morgan fingerprint density at radius 3 is 2.65 bits per heavy atom. The average Bonchev–Trinajstić information content (AvgIpc) is 2.35. The Hall–Kier alpha value is -2.36. The standard InChI is InChI=1S/C13H13N3O/c1-2-8-16-12(17)9-11(15-13(16)14)10-6-4-3-5-7-10/h2-7,9H,1,8H2,(H2,14,15). The molecule has 0 aliphatic rings. The molecule has 4 heteroatoms. The molecule has 0 bridgehead atoms. The van der Waals surface area contributed by atoms with Crippen molar-refractivity contribution >= 4 is 5.95 Å². The molecule has 0 saturated carbocycles. The lowest BCUT2D eigenvalue weighted by Crippen LogP contribution is -2.23. The lowest BCUT2D eigenvalue weighted by Gasteiger charge is -2.07. The highest BCUT2D eigenvalue weighted by atomic mass is 16.1. The zero-order valence-corrected chi connectivity index (χ0v) is 9.34. The fourth-order valence-corrected chi connectivity index (χ4v) is 1.59. The van der Waals surface area contributed by atoms with E-state index in [4.69, 9.17) is 5.73 Å². The molecule has 1 heterocycles. The lowest BCUT2D eigenvalue weighted by molar-refractivity contribution is 0.772.